The molecule has 0 aliphatic carbocycles. The number of aliphatic hydroxyl groups excluding tert-OH is 1. The molecule has 0 bridgehead atoms. The summed E-state index contributed by atoms with van der Waals surface area (Å²) in [7, 11) is 1.51. The van der Waals surface area contributed by atoms with Gasteiger partial charge in [-0.2, -0.15) is 0 Å². The second kappa shape index (κ2) is 6.31. The Kier molecular flexibility index (Phi) is 4.69. The highest BCUT2D eigenvalue weighted by atomic mass is 79.9. The maximum absolute atomic E-state index is 12.2. The van der Waals surface area contributed by atoms with Gasteiger partial charge in [0.05, 0.1) is 18.9 Å². The molecule has 0 aromatic heterocycles. The summed E-state index contributed by atoms with van der Waals surface area (Å²) in [6.07, 6.45) is -0.798. The minimum atomic E-state index is -1.13. The van der Waals surface area contributed by atoms with Crippen molar-refractivity contribution in [1.82, 2.24) is 4.90 Å². The van der Waals surface area contributed by atoms with Crippen LogP contribution in [0.2, 0.25) is 0 Å². The van der Waals surface area contributed by atoms with Gasteiger partial charge in [0.15, 0.2) is 0 Å². The fraction of sp³-hybridized carbons (Fsp3) is 0.385. The third-order valence-corrected chi connectivity index (χ3v) is 3.93. The molecule has 1 aliphatic rings. The fourth-order valence-electron chi connectivity index (χ4n) is 2.19. The number of carboxylic acids is 1. The molecule has 1 fully saturated rings. The number of β-amino-alcohol motifs (C(OH)–C–C–N with tert-alkyl or cyclic N) is 1. The Hall–Kier alpha value is -1.80. The van der Waals surface area contributed by atoms with Gasteiger partial charge >= 0.3 is 12.0 Å². The molecule has 1 aliphatic heterocycles. The van der Waals surface area contributed by atoms with Gasteiger partial charge in [-0.3, -0.25) is 0 Å². The molecule has 2 amide bonds. The number of likely N-dealkylation sites (tertiary alicyclic amines) is 1. The highest BCUT2D eigenvalue weighted by molar-refractivity contribution is 9.10. The number of hydrogen-bond donors (Lipinski definition) is 3. The summed E-state index contributed by atoms with van der Waals surface area (Å²) in [4.78, 5) is 24.4. The minimum Gasteiger partial charge on any atom is -0.497 e. The number of ether oxygens (including phenoxy) is 1. The average Bonchev–Trinajstić information content (AvgIpc) is 2.83. The first-order valence-electron chi connectivity index (χ1n) is 6.24. The summed E-state index contributed by atoms with van der Waals surface area (Å²) in [5, 5.41) is 21.3. The van der Waals surface area contributed by atoms with Crippen molar-refractivity contribution in [2.75, 3.05) is 19.0 Å². The van der Waals surface area contributed by atoms with Gasteiger partial charge in [-0.25, -0.2) is 9.59 Å². The van der Waals surface area contributed by atoms with Gasteiger partial charge in [0.25, 0.3) is 0 Å². The van der Waals surface area contributed by atoms with Crippen LogP contribution in [0.1, 0.15) is 6.42 Å². The van der Waals surface area contributed by atoms with Crippen molar-refractivity contribution in [1.29, 1.82) is 0 Å². The smallest absolute Gasteiger partial charge is 0.326 e. The number of nitrogens with zero attached hydrogens (tertiary/aromatic N) is 1. The van der Waals surface area contributed by atoms with Gasteiger partial charge in [-0.15, -0.1) is 0 Å². The van der Waals surface area contributed by atoms with E-state index in [1.165, 1.54) is 7.11 Å². The fourth-order valence-corrected chi connectivity index (χ4v) is 2.53. The number of aliphatic hydroxyl groups is 1. The summed E-state index contributed by atoms with van der Waals surface area (Å²) in [6, 6.07) is 3.45. The summed E-state index contributed by atoms with van der Waals surface area (Å²) in [5.74, 6) is -0.573. The van der Waals surface area contributed by atoms with Crippen molar-refractivity contribution in [3.63, 3.8) is 0 Å². The number of rotatable bonds is 3. The number of benzene rings is 1. The maximum Gasteiger partial charge on any atom is 0.326 e. The van der Waals surface area contributed by atoms with Gasteiger partial charge < -0.3 is 25.2 Å². The van der Waals surface area contributed by atoms with Crippen molar-refractivity contribution in [2.45, 2.75) is 18.6 Å². The second-order valence-corrected chi connectivity index (χ2v) is 5.53. The Labute approximate surface area is 129 Å². The predicted molar refractivity (Wildman–Crippen MR) is 78.5 cm³/mol. The summed E-state index contributed by atoms with van der Waals surface area (Å²) in [5.41, 5.74) is 0.463. The largest absolute Gasteiger partial charge is 0.497 e. The highest BCUT2D eigenvalue weighted by Gasteiger charge is 2.39. The first kappa shape index (κ1) is 15.6. The molecule has 7 nitrogen and oxygen atoms in total. The Morgan fingerprint density at radius 2 is 2.19 bits per heavy atom. The average molecular weight is 359 g/mol. The zero-order valence-electron chi connectivity index (χ0n) is 11.2. The number of nitrogens with one attached hydrogen (secondary N) is 1. The van der Waals surface area contributed by atoms with E-state index in [4.69, 9.17) is 9.84 Å². The first-order chi connectivity index (χ1) is 9.92. The van der Waals surface area contributed by atoms with E-state index in [0.717, 1.165) is 4.90 Å². The number of aliphatic carboxylic acids is 1. The van der Waals surface area contributed by atoms with Gasteiger partial charge in [-0.1, -0.05) is 0 Å². The van der Waals surface area contributed by atoms with E-state index >= 15 is 0 Å². The second-order valence-electron chi connectivity index (χ2n) is 4.67. The van der Waals surface area contributed by atoms with Crippen molar-refractivity contribution < 1.29 is 24.5 Å². The molecule has 114 valence electrons. The van der Waals surface area contributed by atoms with Crippen LogP contribution in [0.15, 0.2) is 22.7 Å². The normalized spacial score (nSPS) is 21.2. The molecule has 8 heteroatoms. The minimum absolute atomic E-state index is 0.00954. The van der Waals surface area contributed by atoms with Crippen molar-refractivity contribution in [3.05, 3.63) is 22.7 Å². The number of anilines is 1. The number of amides is 2. The molecule has 2 rings (SSSR count). The predicted octanol–water partition coefficient (Wildman–Crippen LogP) is 1.51. The van der Waals surface area contributed by atoms with Crippen LogP contribution in [0, 0.1) is 0 Å². The number of halogens is 1. The summed E-state index contributed by atoms with van der Waals surface area (Å²) >= 11 is 3.30. The van der Waals surface area contributed by atoms with E-state index in [-0.39, 0.29) is 13.0 Å². The molecular weight excluding hydrogens is 344 g/mol. The number of carbonyl (C=O) groups excluding carboxylic acids is 1. The van der Waals surface area contributed by atoms with Gasteiger partial charge in [0, 0.05) is 23.5 Å². The third-order valence-electron chi connectivity index (χ3n) is 3.24. The lowest BCUT2D eigenvalue weighted by Crippen LogP contribution is -2.43. The van der Waals surface area contributed by atoms with Crippen LogP contribution in [-0.2, 0) is 4.79 Å². The lowest BCUT2D eigenvalue weighted by Gasteiger charge is -2.22. The molecule has 0 radical (unpaired) electrons. The number of carboxylic acid groups (broad SMARTS) is 1. The molecular formula is C13H15BrN2O5. The number of urea groups is 1. The van der Waals surface area contributed by atoms with E-state index in [9.17, 15) is 14.7 Å². The number of hydrogen-bond acceptors (Lipinski definition) is 4. The standard InChI is InChI=1S/C13H15BrN2O5/c1-21-8-2-3-9(14)10(5-8)15-13(20)16-6-7(17)4-11(16)12(18)19/h2-3,5,7,11,17H,4,6H2,1H3,(H,15,20)(H,18,19)/t7?,11-/m0/s1. The Bertz CT molecular complexity index is 565. The van der Waals surface area contributed by atoms with E-state index in [0.29, 0.717) is 15.9 Å². The molecule has 1 unspecified atom stereocenters. The topological polar surface area (TPSA) is 99.1 Å². The van der Waals surface area contributed by atoms with E-state index in [2.05, 4.69) is 21.2 Å². The number of methoxy groups -OCH3 is 1. The summed E-state index contributed by atoms with van der Waals surface area (Å²) < 4.78 is 5.72. The zero-order chi connectivity index (χ0) is 15.6. The Morgan fingerprint density at radius 3 is 2.81 bits per heavy atom. The molecule has 1 saturated heterocycles. The molecule has 2 atom stereocenters. The molecule has 1 aromatic carbocycles. The zero-order valence-corrected chi connectivity index (χ0v) is 12.8. The molecule has 0 saturated carbocycles. The van der Waals surface area contributed by atoms with Crippen LogP contribution in [-0.4, -0.2) is 52.9 Å². The molecule has 1 aromatic rings. The van der Waals surface area contributed by atoms with Crippen LogP contribution >= 0.6 is 15.9 Å². The van der Waals surface area contributed by atoms with Gasteiger partial charge in [-0.05, 0) is 28.1 Å². The Balaban J connectivity index is 2.16. The van der Waals surface area contributed by atoms with E-state index < -0.39 is 24.1 Å². The third kappa shape index (κ3) is 3.45. The highest BCUT2D eigenvalue weighted by Crippen LogP contribution is 2.28. The lowest BCUT2D eigenvalue weighted by molar-refractivity contribution is -0.141. The van der Waals surface area contributed by atoms with Gasteiger partial charge in [0.1, 0.15) is 11.8 Å². The Morgan fingerprint density at radius 1 is 1.48 bits per heavy atom. The van der Waals surface area contributed by atoms with E-state index in [1.54, 1.807) is 18.2 Å². The SMILES string of the molecule is COc1ccc(Br)c(NC(=O)N2CC(O)C[C@H]2C(=O)O)c1. The first-order valence-corrected chi connectivity index (χ1v) is 7.03. The van der Waals surface area contributed by atoms with Crippen molar-refractivity contribution in [3.8, 4) is 5.75 Å². The quantitative estimate of drug-likeness (QED) is 0.760. The number of carbonyl (C=O) groups is 2. The maximum atomic E-state index is 12.2. The van der Waals surface area contributed by atoms with Gasteiger partial charge in [0.2, 0.25) is 0 Å². The molecule has 1 heterocycles. The van der Waals surface area contributed by atoms with Crippen molar-refractivity contribution in [2.24, 2.45) is 0 Å². The van der Waals surface area contributed by atoms with Crippen molar-refractivity contribution >= 4 is 33.6 Å². The molecule has 0 spiro atoms. The van der Waals surface area contributed by atoms with E-state index in [1.807, 2.05) is 0 Å². The van der Waals surface area contributed by atoms with Crippen LogP contribution in [0.25, 0.3) is 0 Å². The lowest BCUT2D eigenvalue weighted by atomic mass is 10.2. The van der Waals surface area contributed by atoms with Crippen LogP contribution in [0.3, 0.4) is 0 Å². The molecule has 3 N–H and O–H groups in total. The van der Waals surface area contributed by atoms with Crippen LogP contribution < -0.4 is 10.1 Å². The van der Waals surface area contributed by atoms with Crippen LogP contribution in [0.5, 0.6) is 5.75 Å². The summed E-state index contributed by atoms with van der Waals surface area (Å²) in [6.45, 7) is -0.00954. The monoisotopic (exact) mass is 358 g/mol. The molecule has 21 heavy (non-hydrogen) atoms. The van der Waals surface area contributed by atoms with Crippen LogP contribution in [0.4, 0.5) is 10.5 Å².